The average Bonchev–Trinajstić information content (AvgIpc) is 2.39. The zero-order chi connectivity index (χ0) is 15.4. The summed E-state index contributed by atoms with van der Waals surface area (Å²) in [5.41, 5.74) is 0. The molecule has 0 rings (SSSR count). The molecular weight excluding hydrogens is 279 g/mol. The number of allylic oxidation sites excluding steroid dienone is 2. The number of carbonyl (C=O) groups is 1. The molecule has 20 heavy (non-hydrogen) atoms. The molecule has 0 N–H and O–H groups in total. The summed E-state index contributed by atoms with van der Waals surface area (Å²) in [4.78, 5) is 11.6. The molecule has 0 amide bonds. The predicted molar refractivity (Wildman–Crippen MR) is 78.4 cm³/mol. The lowest BCUT2D eigenvalue weighted by Crippen LogP contribution is -2.18. The van der Waals surface area contributed by atoms with Gasteiger partial charge in [-0.3, -0.25) is 9.36 Å². The number of hydrogen-bond donors (Lipinski definition) is 0. The van der Waals surface area contributed by atoms with Gasteiger partial charge >= 0.3 is 13.6 Å². The largest absolute Gasteiger partial charge is 0.449 e. The van der Waals surface area contributed by atoms with E-state index in [1.807, 2.05) is 0 Å². The summed E-state index contributed by atoms with van der Waals surface area (Å²) >= 11 is 0. The highest BCUT2D eigenvalue weighted by atomic mass is 31.2. The highest BCUT2D eigenvalue weighted by Crippen LogP contribution is 2.48. The lowest BCUT2D eigenvalue weighted by molar-refractivity contribution is -0.142. The topological polar surface area (TPSA) is 61.8 Å². The number of hydrogen-bond acceptors (Lipinski definition) is 5. The molecular formula is C14H21O5P. The van der Waals surface area contributed by atoms with Crippen LogP contribution in [0.5, 0.6) is 0 Å². The Morgan fingerprint density at radius 1 is 1.25 bits per heavy atom. The van der Waals surface area contributed by atoms with Crippen molar-refractivity contribution in [1.82, 2.24) is 0 Å². The third-order valence-electron chi connectivity index (χ3n) is 2.07. The van der Waals surface area contributed by atoms with Crippen molar-refractivity contribution in [2.75, 3.05) is 19.4 Å². The molecule has 0 aliphatic carbocycles. The van der Waals surface area contributed by atoms with Gasteiger partial charge in [-0.05, 0) is 20.8 Å². The van der Waals surface area contributed by atoms with E-state index in [2.05, 4.69) is 5.92 Å². The van der Waals surface area contributed by atoms with E-state index in [1.54, 1.807) is 45.1 Å². The van der Waals surface area contributed by atoms with Gasteiger partial charge in [-0.2, -0.15) is 0 Å². The fraction of sp³-hybridized carbons (Fsp3) is 0.500. The van der Waals surface area contributed by atoms with E-state index in [4.69, 9.17) is 20.2 Å². The molecule has 0 aromatic rings. The van der Waals surface area contributed by atoms with Crippen LogP contribution in [0.1, 0.15) is 20.8 Å². The highest BCUT2D eigenvalue weighted by Gasteiger charge is 2.29. The van der Waals surface area contributed by atoms with E-state index in [-0.39, 0.29) is 13.2 Å². The van der Waals surface area contributed by atoms with Crippen LogP contribution in [0.2, 0.25) is 0 Å². The van der Waals surface area contributed by atoms with E-state index < -0.39 is 25.8 Å². The normalized spacial score (nSPS) is 13.5. The van der Waals surface area contributed by atoms with Gasteiger partial charge in [0.1, 0.15) is 6.16 Å². The predicted octanol–water partition coefficient (Wildman–Crippen LogP) is 2.93. The van der Waals surface area contributed by atoms with Crippen molar-refractivity contribution in [3.05, 3.63) is 24.3 Å². The number of esters is 1. The zero-order valence-electron chi connectivity index (χ0n) is 12.1. The minimum atomic E-state index is -3.55. The molecule has 112 valence electrons. The number of terminal acetylenes is 1. The van der Waals surface area contributed by atoms with Crippen LogP contribution < -0.4 is 0 Å². The standard InChI is InChI=1S/C14H21O5P/c1-5-8-10-17-20(16,18-11-9-6-2)12-14(15)19-13(4)7-3/h3,5-6,8-9,13H,10-12H2,1-2,4H3/b8-5+,9-6+. The Morgan fingerprint density at radius 3 is 2.15 bits per heavy atom. The first-order valence-electron chi connectivity index (χ1n) is 6.23. The van der Waals surface area contributed by atoms with Crippen molar-refractivity contribution in [3.8, 4) is 12.3 Å². The summed E-state index contributed by atoms with van der Waals surface area (Å²) in [6, 6.07) is 0. The SMILES string of the molecule is C#CC(C)OC(=O)CP(=O)(OC/C=C/C)OC/C=C/C. The lowest BCUT2D eigenvalue weighted by Gasteiger charge is -2.17. The second-order valence-corrected chi connectivity index (χ2v) is 5.85. The molecule has 0 aliphatic rings. The van der Waals surface area contributed by atoms with Gasteiger partial charge in [-0.25, -0.2) is 0 Å². The molecule has 0 saturated carbocycles. The van der Waals surface area contributed by atoms with Crippen LogP contribution in [0.3, 0.4) is 0 Å². The monoisotopic (exact) mass is 300 g/mol. The molecule has 6 heteroatoms. The van der Waals surface area contributed by atoms with E-state index in [0.717, 1.165) is 0 Å². The first kappa shape index (κ1) is 18.7. The van der Waals surface area contributed by atoms with Crippen molar-refractivity contribution in [2.24, 2.45) is 0 Å². The molecule has 0 heterocycles. The molecule has 0 radical (unpaired) electrons. The molecule has 5 nitrogen and oxygen atoms in total. The van der Waals surface area contributed by atoms with Crippen molar-refractivity contribution in [3.63, 3.8) is 0 Å². The lowest BCUT2D eigenvalue weighted by atomic mass is 10.4. The Hall–Kier alpha value is -1.34. The molecule has 1 unspecified atom stereocenters. The number of carbonyl (C=O) groups excluding carboxylic acids is 1. The minimum Gasteiger partial charge on any atom is -0.449 e. The number of rotatable bonds is 9. The molecule has 1 atom stereocenters. The van der Waals surface area contributed by atoms with E-state index >= 15 is 0 Å². The minimum absolute atomic E-state index is 0.0988. The van der Waals surface area contributed by atoms with Crippen LogP contribution in [0.4, 0.5) is 0 Å². The van der Waals surface area contributed by atoms with E-state index in [9.17, 15) is 9.36 Å². The molecule has 0 bridgehead atoms. The van der Waals surface area contributed by atoms with Crippen molar-refractivity contribution in [1.29, 1.82) is 0 Å². The van der Waals surface area contributed by atoms with Crippen LogP contribution in [-0.4, -0.2) is 31.4 Å². The van der Waals surface area contributed by atoms with E-state index in [1.165, 1.54) is 0 Å². The Balaban J connectivity index is 4.62. The third kappa shape index (κ3) is 8.71. The van der Waals surface area contributed by atoms with Crippen molar-refractivity contribution >= 4 is 13.6 Å². The van der Waals surface area contributed by atoms with Crippen molar-refractivity contribution < 1.29 is 23.1 Å². The average molecular weight is 300 g/mol. The Bertz CT molecular complexity index is 413. The smallest absolute Gasteiger partial charge is 0.342 e. The maximum absolute atomic E-state index is 12.4. The van der Waals surface area contributed by atoms with Gasteiger partial charge < -0.3 is 13.8 Å². The molecule has 0 fully saturated rings. The molecule has 0 spiro atoms. The van der Waals surface area contributed by atoms with Gasteiger partial charge in [0.2, 0.25) is 0 Å². The van der Waals surface area contributed by atoms with Gasteiger partial charge in [-0.1, -0.05) is 30.2 Å². The summed E-state index contributed by atoms with van der Waals surface area (Å²) in [5.74, 6) is 1.54. The van der Waals surface area contributed by atoms with Crippen LogP contribution >= 0.6 is 7.60 Å². The molecule has 0 aromatic carbocycles. The molecule has 0 aliphatic heterocycles. The summed E-state index contributed by atoms with van der Waals surface area (Å²) in [6.07, 6.45) is 10.8. The highest BCUT2D eigenvalue weighted by molar-refractivity contribution is 7.54. The van der Waals surface area contributed by atoms with Crippen LogP contribution in [0.25, 0.3) is 0 Å². The second kappa shape index (κ2) is 10.4. The van der Waals surface area contributed by atoms with Gasteiger partial charge in [-0.15, -0.1) is 6.42 Å². The first-order valence-corrected chi connectivity index (χ1v) is 7.96. The molecule has 0 aromatic heterocycles. The first-order chi connectivity index (χ1) is 9.47. The number of ether oxygens (including phenoxy) is 1. The molecule has 0 saturated heterocycles. The van der Waals surface area contributed by atoms with Gasteiger partial charge in [0.05, 0.1) is 13.2 Å². The van der Waals surface area contributed by atoms with Crippen LogP contribution in [0.15, 0.2) is 24.3 Å². The van der Waals surface area contributed by atoms with Gasteiger partial charge in [0, 0.05) is 0 Å². The Morgan fingerprint density at radius 2 is 1.75 bits per heavy atom. The maximum atomic E-state index is 12.4. The summed E-state index contributed by atoms with van der Waals surface area (Å²) in [6.45, 7) is 5.35. The second-order valence-electron chi connectivity index (χ2n) is 3.80. The zero-order valence-corrected chi connectivity index (χ0v) is 13.0. The summed E-state index contributed by atoms with van der Waals surface area (Å²) < 4.78 is 27.6. The van der Waals surface area contributed by atoms with Crippen LogP contribution in [0, 0.1) is 12.3 Å². The fourth-order valence-electron chi connectivity index (χ4n) is 1.06. The van der Waals surface area contributed by atoms with Gasteiger partial charge in [0.15, 0.2) is 6.10 Å². The van der Waals surface area contributed by atoms with Crippen molar-refractivity contribution in [2.45, 2.75) is 26.9 Å². The summed E-state index contributed by atoms with van der Waals surface area (Å²) in [5, 5.41) is 0. The maximum Gasteiger partial charge on any atom is 0.342 e. The Labute approximate surface area is 120 Å². The van der Waals surface area contributed by atoms with Gasteiger partial charge in [0.25, 0.3) is 0 Å². The quantitative estimate of drug-likeness (QED) is 0.283. The van der Waals surface area contributed by atoms with Crippen LogP contribution in [-0.2, 0) is 23.1 Å². The third-order valence-corrected chi connectivity index (χ3v) is 3.80. The Kier molecular flexibility index (Phi) is 9.75. The summed E-state index contributed by atoms with van der Waals surface area (Å²) in [7, 11) is -3.55. The fourth-order valence-corrected chi connectivity index (χ4v) is 2.34. The van der Waals surface area contributed by atoms with E-state index in [0.29, 0.717) is 0 Å².